The molecule has 37 heavy (non-hydrogen) atoms. The highest BCUT2D eigenvalue weighted by Crippen LogP contribution is 2.41. The Morgan fingerprint density at radius 2 is 1.78 bits per heavy atom. The number of carboxylic acid groups (broad SMARTS) is 1. The van der Waals surface area contributed by atoms with E-state index in [1.54, 1.807) is 31.3 Å². The van der Waals surface area contributed by atoms with Crippen molar-refractivity contribution in [2.45, 2.75) is 51.5 Å². The summed E-state index contributed by atoms with van der Waals surface area (Å²) in [6, 6.07) is 14.9. The van der Waals surface area contributed by atoms with E-state index in [2.05, 4.69) is 11.4 Å². The lowest BCUT2D eigenvalue weighted by Gasteiger charge is -2.31. The Kier molecular flexibility index (Phi) is 8.83. The van der Waals surface area contributed by atoms with E-state index in [9.17, 15) is 9.59 Å². The quantitative estimate of drug-likeness (QED) is 0.287. The molecule has 4 rings (SSSR count). The van der Waals surface area contributed by atoms with E-state index >= 15 is 0 Å². The van der Waals surface area contributed by atoms with Crippen LogP contribution in [0.4, 0.5) is 5.69 Å². The number of nitrogens with zero attached hydrogens (tertiary/aromatic N) is 1. The predicted molar refractivity (Wildman–Crippen MR) is 147 cm³/mol. The molecule has 0 bridgehead atoms. The van der Waals surface area contributed by atoms with Crippen LogP contribution >= 0.6 is 23.2 Å². The average molecular weight is 543 g/mol. The summed E-state index contributed by atoms with van der Waals surface area (Å²) in [5.74, 6) is 0.871. The van der Waals surface area contributed by atoms with Gasteiger partial charge in [0, 0.05) is 41.0 Å². The van der Waals surface area contributed by atoms with Crippen molar-refractivity contribution < 1.29 is 19.1 Å². The summed E-state index contributed by atoms with van der Waals surface area (Å²) in [7, 11) is 1.61. The standard InChI is InChI=1S/C29H32Cl2N2O4/c1-18-24(17-26(37-18)23-13-10-21(30)16-25(23)31)28(19-6-4-3-5-7-19)32-22-11-8-20(9-12-22)29(36)33(2)15-14-27(34)35/h8-13,16-17,19,28,32H,3-7,14-15H2,1-2H3,(H,34,35). The Labute approximate surface area is 227 Å². The minimum absolute atomic E-state index is 0.0451. The molecule has 3 aromatic rings. The van der Waals surface area contributed by atoms with Gasteiger partial charge in [-0.25, -0.2) is 0 Å². The van der Waals surface area contributed by atoms with Gasteiger partial charge in [-0.1, -0.05) is 42.5 Å². The summed E-state index contributed by atoms with van der Waals surface area (Å²) in [4.78, 5) is 24.9. The molecule has 196 valence electrons. The lowest BCUT2D eigenvalue weighted by Crippen LogP contribution is -2.29. The van der Waals surface area contributed by atoms with Crippen molar-refractivity contribution in [3.05, 3.63) is 75.5 Å². The third-order valence-electron chi connectivity index (χ3n) is 7.07. The zero-order valence-electron chi connectivity index (χ0n) is 21.1. The molecule has 1 amide bonds. The Bertz CT molecular complexity index is 1250. The van der Waals surface area contributed by atoms with E-state index in [1.165, 1.54) is 24.2 Å². The lowest BCUT2D eigenvalue weighted by molar-refractivity contribution is -0.137. The number of aryl methyl sites for hydroxylation is 1. The second-order valence-corrected chi connectivity index (χ2v) is 10.6. The zero-order valence-corrected chi connectivity index (χ0v) is 22.6. The summed E-state index contributed by atoms with van der Waals surface area (Å²) in [5, 5.41) is 13.7. The maximum absolute atomic E-state index is 12.7. The van der Waals surface area contributed by atoms with Crippen molar-refractivity contribution in [1.29, 1.82) is 0 Å². The number of nitrogens with one attached hydrogen (secondary N) is 1. The molecule has 6 nitrogen and oxygen atoms in total. The van der Waals surface area contributed by atoms with Gasteiger partial charge in [-0.3, -0.25) is 9.59 Å². The number of furan rings is 1. The molecule has 8 heteroatoms. The fourth-order valence-corrected chi connectivity index (χ4v) is 5.52. The van der Waals surface area contributed by atoms with Crippen molar-refractivity contribution in [2.75, 3.05) is 18.9 Å². The van der Waals surface area contributed by atoms with Crippen LogP contribution in [0.2, 0.25) is 10.0 Å². The fourth-order valence-electron chi connectivity index (χ4n) is 5.02. The number of benzene rings is 2. The van der Waals surface area contributed by atoms with Crippen LogP contribution in [0.5, 0.6) is 0 Å². The van der Waals surface area contributed by atoms with Crippen LogP contribution in [0.1, 0.15) is 66.2 Å². The summed E-state index contributed by atoms with van der Waals surface area (Å²) in [5.41, 5.74) is 3.33. The van der Waals surface area contributed by atoms with E-state index in [0.717, 1.165) is 35.4 Å². The third kappa shape index (κ3) is 6.68. The highest BCUT2D eigenvalue weighted by molar-refractivity contribution is 6.36. The highest BCUT2D eigenvalue weighted by Gasteiger charge is 2.29. The number of carboxylic acids is 1. The minimum Gasteiger partial charge on any atom is -0.481 e. The molecule has 2 aromatic carbocycles. The van der Waals surface area contributed by atoms with E-state index in [1.807, 2.05) is 25.1 Å². The van der Waals surface area contributed by atoms with Gasteiger partial charge >= 0.3 is 5.97 Å². The van der Waals surface area contributed by atoms with Crippen molar-refractivity contribution in [2.24, 2.45) is 5.92 Å². The van der Waals surface area contributed by atoms with Crippen molar-refractivity contribution in [3.63, 3.8) is 0 Å². The van der Waals surface area contributed by atoms with Crippen LogP contribution in [-0.4, -0.2) is 35.5 Å². The zero-order chi connectivity index (χ0) is 26.5. The topological polar surface area (TPSA) is 82.8 Å². The Balaban J connectivity index is 1.57. The molecule has 1 heterocycles. The Morgan fingerprint density at radius 3 is 2.43 bits per heavy atom. The number of hydrogen-bond acceptors (Lipinski definition) is 4. The van der Waals surface area contributed by atoms with Crippen molar-refractivity contribution >= 4 is 40.8 Å². The van der Waals surface area contributed by atoms with Gasteiger partial charge in [0.2, 0.25) is 0 Å². The summed E-state index contributed by atoms with van der Waals surface area (Å²) >= 11 is 12.5. The van der Waals surface area contributed by atoms with Crippen LogP contribution in [0.15, 0.2) is 52.9 Å². The first-order valence-electron chi connectivity index (χ1n) is 12.6. The van der Waals surface area contributed by atoms with Crippen LogP contribution in [0.3, 0.4) is 0 Å². The molecule has 0 radical (unpaired) electrons. The van der Waals surface area contributed by atoms with Gasteiger partial charge in [0.05, 0.1) is 17.5 Å². The highest BCUT2D eigenvalue weighted by atomic mass is 35.5. The smallest absolute Gasteiger partial charge is 0.305 e. The molecule has 1 unspecified atom stereocenters. The van der Waals surface area contributed by atoms with E-state index in [-0.39, 0.29) is 24.9 Å². The number of rotatable bonds is 9. The van der Waals surface area contributed by atoms with Crippen LogP contribution < -0.4 is 5.32 Å². The number of aliphatic carboxylic acids is 1. The monoisotopic (exact) mass is 542 g/mol. The second-order valence-electron chi connectivity index (χ2n) is 9.71. The second kappa shape index (κ2) is 12.1. The largest absolute Gasteiger partial charge is 0.481 e. The molecule has 1 saturated carbocycles. The molecule has 0 spiro atoms. The van der Waals surface area contributed by atoms with Gasteiger partial charge < -0.3 is 19.7 Å². The third-order valence-corrected chi connectivity index (χ3v) is 7.62. The molecule has 1 aliphatic carbocycles. The normalized spacial score (nSPS) is 14.8. The van der Waals surface area contributed by atoms with Gasteiger partial charge in [-0.2, -0.15) is 0 Å². The number of halogens is 2. The van der Waals surface area contributed by atoms with Crippen LogP contribution in [0, 0.1) is 12.8 Å². The fraction of sp³-hybridized carbons (Fsp3) is 0.379. The van der Waals surface area contributed by atoms with Gasteiger partial charge in [0.1, 0.15) is 11.5 Å². The Hall–Kier alpha value is -2.96. The molecule has 2 N–H and O–H groups in total. The molecular formula is C29H32Cl2N2O4. The van der Waals surface area contributed by atoms with E-state index in [4.69, 9.17) is 32.7 Å². The van der Waals surface area contributed by atoms with Crippen molar-refractivity contribution in [3.8, 4) is 11.3 Å². The summed E-state index contributed by atoms with van der Waals surface area (Å²) < 4.78 is 6.19. The van der Waals surface area contributed by atoms with Crippen LogP contribution in [0.25, 0.3) is 11.3 Å². The molecule has 1 atom stereocenters. The molecular weight excluding hydrogens is 511 g/mol. The first-order chi connectivity index (χ1) is 17.7. The average Bonchev–Trinajstić information content (AvgIpc) is 3.27. The maximum atomic E-state index is 12.7. The van der Waals surface area contributed by atoms with Gasteiger partial charge in [0.15, 0.2) is 0 Å². The first kappa shape index (κ1) is 27.1. The number of carbonyl (C=O) groups excluding carboxylic acids is 1. The SMILES string of the molecule is Cc1oc(-c2ccc(Cl)cc2Cl)cc1C(Nc1ccc(C(=O)N(C)CCC(=O)O)cc1)C1CCCCC1. The maximum Gasteiger partial charge on any atom is 0.305 e. The molecule has 0 saturated heterocycles. The molecule has 1 fully saturated rings. The molecule has 0 aliphatic heterocycles. The lowest BCUT2D eigenvalue weighted by atomic mass is 9.81. The molecule has 1 aromatic heterocycles. The van der Waals surface area contributed by atoms with Gasteiger partial charge in [-0.15, -0.1) is 0 Å². The Morgan fingerprint density at radius 1 is 1.08 bits per heavy atom. The number of anilines is 1. The van der Waals surface area contributed by atoms with Gasteiger partial charge in [0.25, 0.3) is 5.91 Å². The van der Waals surface area contributed by atoms with Crippen molar-refractivity contribution in [1.82, 2.24) is 4.90 Å². The number of hydrogen-bond donors (Lipinski definition) is 2. The summed E-state index contributed by atoms with van der Waals surface area (Å²) in [6.07, 6.45) is 5.83. The van der Waals surface area contributed by atoms with E-state index < -0.39 is 5.97 Å². The number of amides is 1. The molecule has 1 aliphatic rings. The van der Waals surface area contributed by atoms with E-state index in [0.29, 0.717) is 27.3 Å². The minimum atomic E-state index is -0.927. The predicted octanol–water partition coefficient (Wildman–Crippen LogP) is 7.84. The van der Waals surface area contributed by atoms with Crippen LogP contribution in [-0.2, 0) is 4.79 Å². The van der Waals surface area contributed by atoms with Gasteiger partial charge in [-0.05, 0) is 74.2 Å². The first-order valence-corrected chi connectivity index (χ1v) is 13.4. The summed E-state index contributed by atoms with van der Waals surface area (Å²) in [6.45, 7) is 2.15. The number of carbonyl (C=O) groups is 2.